The third kappa shape index (κ3) is 4.06. The van der Waals surface area contributed by atoms with Gasteiger partial charge in [0.25, 0.3) is 0 Å². The SMILES string of the molecule is Cc1cc(NCc2ccccc2F)nc(NCc2ccco2)n1. The molecule has 0 spiro atoms. The maximum atomic E-state index is 13.6. The average molecular weight is 312 g/mol. The summed E-state index contributed by atoms with van der Waals surface area (Å²) in [4.78, 5) is 8.71. The van der Waals surface area contributed by atoms with Crippen LogP contribution in [0.1, 0.15) is 17.0 Å². The van der Waals surface area contributed by atoms with E-state index < -0.39 is 0 Å². The third-order valence-corrected chi connectivity index (χ3v) is 3.27. The minimum absolute atomic E-state index is 0.234. The quantitative estimate of drug-likeness (QED) is 0.726. The molecular formula is C17H17FN4O. The van der Waals surface area contributed by atoms with Crippen molar-refractivity contribution in [1.29, 1.82) is 0 Å². The Morgan fingerprint density at radius 2 is 1.91 bits per heavy atom. The first-order valence-electron chi connectivity index (χ1n) is 7.30. The van der Waals surface area contributed by atoms with E-state index in [4.69, 9.17) is 4.42 Å². The standard InChI is InChI=1S/C17H17FN4O/c1-12-9-16(19-10-13-5-2-3-7-15(13)18)22-17(21-12)20-11-14-6-4-8-23-14/h2-9H,10-11H2,1H3,(H2,19,20,21,22). The lowest BCUT2D eigenvalue weighted by Gasteiger charge is -2.10. The molecule has 23 heavy (non-hydrogen) atoms. The molecule has 0 unspecified atom stereocenters. The van der Waals surface area contributed by atoms with E-state index in [0.29, 0.717) is 30.4 Å². The van der Waals surface area contributed by atoms with Gasteiger partial charge in [-0.05, 0) is 25.1 Å². The van der Waals surface area contributed by atoms with E-state index in [1.54, 1.807) is 18.4 Å². The van der Waals surface area contributed by atoms with Crippen molar-refractivity contribution in [2.45, 2.75) is 20.0 Å². The van der Waals surface area contributed by atoms with E-state index in [1.165, 1.54) is 6.07 Å². The van der Waals surface area contributed by atoms with Crippen LogP contribution in [0.25, 0.3) is 0 Å². The van der Waals surface area contributed by atoms with Gasteiger partial charge in [0.2, 0.25) is 5.95 Å². The Bertz CT molecular complexity index is 774. The normalized spacial score (nSPS) is 10.5. The lowest BCUT2D eigenvalue weighted by Crippen LogP contribution is -2.08. The molecule has 1 aromatic carbocycles. The minimum atomic E-state index is -0.234. The van der Waals surface area contributed by atoms with Gasteiger partial charge in [0.1, 0.15) is 17.4 Å². The molecule has 0 aliphatic rings. The summed E-state index contributed by atoms with van der Waals surface area (Å²) in [5.74, 6) is 1.71. The molecule has 0 radical (unpaired) electrons. The van der Waals surface area contributed by atoms with Crippen molar-refractivity contribution in [2.75, 3.05) is 10.6 Å². The molecule has 5 nitrogen and oxygen atoms in total. The van der Waals surface area contributed by atoms with Crippen LogP contribution >= 0.6 is 0 Å². The number of rotatable bonds is 6. The van der Waals surface area contributed by atoms with E-state index in [0.717, 1.165) is 11.5 Å². The highest BCUT2D eigenvalue weighted by molar-refractivity contribution is 5.43. The van der Waals surface area contributed by atoms with Crippen molar-refractivity contribution >= 4 is 11.8 Å². The van der Waals surface area contributed by atoms with Crippen molar-refractivity contribution < 1.29 is 8.81 Å². The van der Waals surface area contributed by atoms with E-state index >= 15 is 0 Å². The molecule has 0 atom stereocenters. The summed E-state index contributed by atoms with van der Waals surface area (Å²) in [5.41, 5.74) is 1.41. The van der Waals surface area contributed by atoms with Crippen LogP contribution in [0.15, 0.2) is 53.1 Å². The Labute approximate surface area is 133 Å². The molecule has 3 aromatic rings. The first-order chi connectivity index (χ1) is 11.2. The summed E-state index contributed by atoms with van der Waals surface area (Å²) in [7, 11) is 0. The molecule has 118 valence electrons. The molecular weight excluding hydrogens is 295 g/mol. The van der Waals surface area contributed by atoms with Crippen molar-refractivity contribution in [1.82, 2.24) is 9.97 Å². The number of hydrogen-bond acceptors (Lipinski definition) is 5. The number of aromatic nitrogens is 2. The maximum Gasteiger partial charge on any atom is 0.225 e. The fourth-order valence-corrected chi connectivity index (χ4v) is 2.15. The van der Waals surface area contributed by atoms with Gasteiger partial charge in [0.05, 0.1) is 12.8 Å². The minimum Gasteiger partial charge on any atom is -0.467 e. The van der Waals surface area contributed by atoms with Crippen LogP contribution in [-0.2, 0) is 13.1 Å². The van der Waals surface area contributed by atoms with Crippen LogP contribution in [0.2, 0.25) is 0 Å². The Morgan fingerprint density at radius 3 is 2.70 bits per heavy atom. The van der Waals surface area contributed by atoms with Gasteiger partial charge in [0, 0.05) is 23.9 Å². The van der Waals surface area contributed by atoms with E-state index in [2.05, 4.69) is 20.6 Å². The molecule has 2 heterocycles. The van der Waals surface area contributed by atoms with Crippen LogP contribution in [0, 0.1) is 12.7 Å². The lowest BCUT2D eigenvalue weighted by molar-refractivity contribution is 0.517. The van der Waals surface area contributed by atoms with Crippen LogP contribution in [0.3, 0.4) is 0 Å². The largest absolute Gasteiger partial charge is 0.467 e. The number of nitrogens with zero attached hydrogens (tertiary/aromatic N) is 2. The second kappa shape index (κ2) is 6.91. The van der Waals surface area contributed by atoms with Gasteiger partial charge < -0.3 is 15.1 Å². The highest BCUT2D eigenvalue weighted by Crippen LogP contribution is 2.13. The summed E-state index contributed by atoms with van der Waals surface area (Å²) >= 11 is 0. The van der Waals surface area contributed by atoms with Crippen molar-refractivity contribution in [3.8, 4) is 0 Å². The fraction of sp³-hybridized carbons (Fsp3) is 0.176. The van der Waals surface area contributed by atoms with Gasteiger partial charge in [-0.2, -0.15) is 4.98 Å². The number of nitrogens with one attached hydrogen (secondary N) is 2. The molecule has 0 aliphatic carbocycles. The lowest BCUT2D eigenvalue weighted by atomic mass is 10.2. The predicted octanol–water partition coefficient (Wildman–Crippen LogP) is 3.74. The molecule has 0 fully saturated rings. The van der Waals surface area contributed by atoms with Gasteiger partial charge >= 0.3 is 0 Å². The number of halogens is 1. The zero-order valence-electron chi connectivity index (χ0n) is 12.7. The molecule has 2 N–H and O–H groups in total. The van der Waals surface area contributed by atoms with Crippen LogP contribution in [0.5, 0.6) is 0 Å². The van der Waals surface area contributed by atoms with Crippen molar-refractivity contribution in [2.24, 2.45) is 0 Å². The Morgan fingerprint density at radius 1 is 1.04 bits per heavy atom. The average Bonchev–Trinajstić information content (AvgIpc) is 3.05. The first kappa shape index (κ1) is 15.0. The molecule has 0 aliphatic heterocycles. The molecule has 6 heteroatoms. The first-order valence-corrected chi connectivity index (χ1v) is 7.30. The van der Waals surface area contributed by atoms with Crippen LogP contribution in [0.4, 0.5) is 16.2 Å². The highest BCUT2D eigenvalue weighted by Gasteiger charge is 2.05. The van der Waals surface area contributed by atoms with Gasteiger partial charge in [-0.15, -0.1) is 0 Å². The molecule has 0 saturated heterocycles. The molecule has 2 aromatic heterocycles. The molecule has 0 bridgehead atoms. The van der Waals surface area contributed by atoms with Crippen molar-refractivity contribution in [3.63, 3.8) is 0 Å². The Balaban J connectivity index is 1.66. The van der Waals surface area contributed by atoms with E-state index in [-0.39, 0.29) is 5.82 Å². The molecule has 3 rings (SSSR count). The summed E-state index contributed by atoms with van der Waals surface area (Å²) in [6.07, 6.45) is 1.62. The van der Waals surface area contributed by atoms with Gasteiger partial charge in [-0.25, -0.2) is 9.37 Å². The topological polar surface area (TPSA) is 63.0 Å². The zero-order valence-corrected chi connectivity index (χ0v) is 12.7. The predicted molar refractivity (Wildman–Crippen MR) is 86.5 cm³/mol. The Kier molecular flexibility index (Phi) is 4.52. The van der Waals surface area contributed by atoms with Crippen LogP contribution < -0.4 is 10.6 Å². The number of hydrogen-bond donors (Lipinski definition) is 2. The third-order valence-electron chi connectivity index (χ3n) is 3.27. The van der Waals surface area contributed by atoms with Gasteiger partial charge in [-0.1, -0.05) is 18.2 Å². The van der Waals surface area contributed by atoms with Gasteiger partial charge in [0.15, 0.2) is 0 Å². The molecule has 0 amide bonds. The number of benzene rings is 1. The summed E-state index contributed by atoms with van der Waals surface area (Å²) in [6, 6.07) is 12.2. The molecule has 0 saturated carbocycles. The monoisotopic (exact) mass is 312 g/mol. The summed E-state index contributed by atoms with van der Waals surface area (Å²) in [5, 5.41) is 6.23. The zero-order chi connectivity index (χ0) is 16.1. The summed E-state index contributed by atoms with van der Waals surface area (Å²) in [6.45, 7) is 2.75. The second-order valence-electron chi connectivity index (χ2n) is 5.10. The van der Waals surface area contributed by atoms with Crippen LogP contribution in [-0.4, -0.2) is 9.97 Å². The number of furan rings is 1. The fourth-order valence-electron chi connectivity index (χ4n) is 2.15. The Hall–Kier alpha value is -2.89. The number of aryl methyl sites for hydroxylation is 1. The second-order valence-corrected chi connectivity index (χ2v) is 5.10. The van der Waals surface area contributed by atoms with E-state index in [9.17, 15) is 4.39 Å². The smallest absolute Gasteiger partial charge is 0.225 e. The van der Waals surface area contributed by atoms with Crippen molar-refractivity contribution in [3.05, 3.63) is 71.6 Å². The highest BCUT2D eigenvalue weighted by atomic mass is 19.1. The number of anilines is 2. The maximum absolute atomic E-state index is 13.6. The van der Waals surface area contributed by atoms with Gasteiger partial charge in [-0.3, -0.25) is 0 Å². The summed E-state index contributed by atoms with van der Waals surface area (Å²) < 4.78 is 18.9. The van der Waals surface area contributed by atoms with E-state index in [1.807, 2.05) is 31.2 Å².